The molecule has 6 heteroatoms. The largest absolute Gasteiger partial charge is 0.478 e. The number of aromatic nitrogens is 3. The highest BCUT2D eigenvalue weighted by molar-refractivity contribution is 9.08. The maximum Gasteiger partial charge on any atom is 0.339 e. The van der Waals surface area contributed by atoms with Gasteiger partial charge in [0.2, 0.25) is 0 Å². The Hall–Kier alpha value is -1.43. The molecular weight excluding hydrogens is 250 g/mol. The number of alkyl halides is 1. The van der Waals surface area contributed by atoms with Crippen molar-refractivity contribution in [2.45, 2.75) is 5.33 Å². The highest BCUT2D eigenvalue weighted by Gasteiger charge is 2.12. The van der Waals surface area contributed by atoms with Crippen LogP contribution in [0.3, 0.4) is 0 Å². The van der Waals surface area contributed by atoms with Crippen LogP contribution in [0, 0.1) is 0 Å². The van der Waals surface area contributed by atoms with Gasteiger partial charge in [-0.1, -0.05) is 15.9 Å². The van der Waals surface area contributed by atoms with Gasteiger partial charge in [0.1, 0.15) is 11.4 Å². The maximum absolute atomic E-state index is 10.8. The van der Waals surface area contributed by atoms with Crippen molar-refractivity contribution in [3.8, 4) is 0 Å². The summed E-state index contributed by atoms with van der Waals surface area (Å²) in [6.45, 7) is 0. The zero-order chi connectivity index (χ0) is 10.1. The molecule has 2 aromatic heterocycles. The van der Waals surface area contributed by atoms with Crippen LogP contribution in [-0.2, 0) is 5.33 Å². The summed E-state index contributed by atoms with van der Waals surface area (Å²) in [5.74, 6) is -0.313. The molecule has 0 saturated heterocycles. The molecular formula is C8H6BrN3O2. The lowest BCUT2D eigenvalue weighted by Crippen LogP contribution is -2.01. The number of pyridine rings is 1. The third-order valence-corrected chi connectivity index (χ3v) is 2.36. The van der Waals surface area contributed by atoms with Gasteiger partial charge in [-0.15, -0.1) is 10.2 Å². The smallest absolute Gasteiger partial charge is 0.339 e. The molecule has 2 heterocycles. The fourth-order valence-corrected chi connectivity index (χ4v) is 1.60. The molecule has 0 amide bonds. The Morgan fingerprint density at radius 3 is 3.00 bits per heavy atom. The Labute approximate surface area is 87.5 Å². The van der Waals surface area contributed by atoms with E-state index in [-0.39, 0.29) is 5.56 Å². The summed E-state index contributed by atoms with van der Waals surface area (Å²) in [5, 5.41) is 17.1. The van der Waals surface area contributed by atoms with E-state index in [1.807, 2.05) is 0 Å². The first-order chi connectivity index (χ1) is 6.74. The summed E-state index contributed by atoms with van der Waals surface area (Å²) in [7, 11) is 0. The average Bonchev–Trinajstić information content (AvgIpc) is 2.59. The second kappa shape index (κ2) is 3.38. The van der Waals surface area contributed by atoms with Crippen LogP contribution in [0.2, 0.25) is 0 Å². The molecule has 0 fully saturated rings. The van der Waals surface area contributed by atoms with E-state index >= 15 is 0 Å². The normalized spacial score (nSPS) is 10.6. The number of fused-ring (bicyclic) bond motifs is 1. The van der Waals surface area contributed by atoms with Crippen LogP contribution in [0.25, 0.3) is 5.65 Å². The number of nitrogens with zero attached hydrogens (tertiary/aromatic N) is 3. The third kappa shape index (κ3) is 1.27. The third-order valence-electron chi connectivity index (χ3n) is 1.86. The van der Waals surface area contributed by atoms with Gasteiger partial charge in [0.25, 0.3) is 0 Å². The number of rotatable bonds is 2. The fraction of sp³-hybridized carbons (Fsp3) is 0.125. The van der Waals surface area contributed by atoms with Crippen molar-refractivity contribution in [2.75, 3.05) is 0 Å². The van der Waals surface area contributed by atoms with Crippen LogP contribution in [-0.4, -0.2) is 25.7 Å². The molecule has 0 spiro atoms. The highest BCUT2D eigenvalue weighted by Crippen LogP contribution is 2.11. The second-order valence-corrected chi connectivity index (χ2v) is 3.23. The van der Waals surface area contributed by atoms with E-state index in [9.17, 15) is 4.79 Å². The highest BCUT2D eigenvalue weighted by atomic mass is 79.9. The molecule has 2 aromatic rings. The fourth-order valence-electron chi connectivity index (χ4n) is 1.22. The summed E-state index contributed by atoms with van der Waals surface area (Å²) in [6.07, 6.45) is 1.73. The van der Waals surface area contributed by atoms with Crippen molar-refractivity contribution in [1.29, 1.82) is 0 Å². The molecule has 0 aliphatic rings. The van der Waals surface area contributed by atoms with Crippen molar-refractivity contribution in [3.05, 3.63) is 29.7 Å². The van der Waals surface area contributed by atoms with Gasteiger partial charge in [0.05, 0.1) is 5.33 Å². The monoisotopic (exact) mass is 255 g/mol. The predicted octanol–water partition coefficient (Wildman–Crippen LogP) is 1.32. The zero-order valence-electron chi connectivity index (χ0n) is 7.01. The molecule has 5 nitrogen and oxygen atoms in total. The summed E-state index contributed by atoms with van der Waals surface area (Å²) in [6, 6.07) is 3.16. The summed E-state index contributed by atoms with van der Waals surface area (Å²) < 4.78 is 1.65. The van der Waals surface area contributed by atoms with Crippen molar-refractivity contribution >= 4 is 27.5 Å². The Kier molecular flexibility index (Phi) is 2.20. The van der Waals surface area contributed by atoms with Gasteiger partial charge in [-0.2, -0.15) is 0 Å². The van der Waals surface area contributed by atoms with E-state index in [1.165, 1.54) is 6.07 Å². The number of carboxylic acids is 1. The summed E-state index contributed by atoms with van der Waals surface area (Å²) >= 11 is 3.25. The number of carboxylic acid groups (broad SMARTS) is 1. The number of hydrogen-bond acceptors (Lipinski definition) is 3. The number of aromatic carboxylic acids is 1. The van der Waals surface area contributed by atoms with Crippen molar-refractivity contribution in [2.24, 2.45) is 0 Å². The van der Waals surface area contributed by atoms with E-state index in [1.54, 1.807) is 16.7 Å². The quantitative estimate of drug-likeness (QED) is 0.823. The van der Waals surface area contributed by atoms with Crippen molar-refractivity contribution < 1.29 is 9.90 Å². The van der Waals surface area contributed by atoms with Gasteiger partial charge in [-0.3, -0.25) is 4.40 Å². The predicted molar refractivity (Wildman–Crippen MR) is 52.6 cm³/mol. The van der Waals surface area contributed by atoms with Crippen LogP contribution >= 0.6 is 15.9 Å². The molecule has 14 heavy (non-hydrogen) atoms. The standard InChI is InChI=1S/C8H6BrN3O2/c9-4-6-10-11-7-5(8(13)14)2-1-3-12(6)7/h1-3H,4H2,(H,13,14). The van der Waals surface area contributed by atoms with E-state index < -0.39 is 5.97 Å². The number of hydrogen-bond donors (Lipinski definition) is 1. The van der Waals surface area contributed by atoms with Crippen LogP contribution in [0.1, 0.15) is 16.2 Å². The first-order valence-electron chi connectivity index (χ1n) is 3.86. The van der Waals surface area contributed by atoms with Crippen LogP contribution < -0.4 is 0 Å². The second-order valence-electron chi connectivity index (χ2n) is 2.67. The lowest BCUT2D eigenvalue weighted by Gasteiger charge is -1.97. The van der Waals surface area contributed by atoms with E-state index in [2.05, 4.69) is 26.1 Å². The van der Waals surface area contributed by atoms with Gasteiger partial charge in [0.15, 0.2) is 5.65 Å². The minimum Gasteiger partial charge on any atom is -0.478 e. The first kappa shape index (κ1) is 9.14. The van der Waals surface area contributed by atoms with Gasteiger partial charge in [-0.05, 0) is 12.1 Å². The number of halogens is 1. The average molecular weight is 256 g/mol. The molecule has 1 N–H and O–H groups in total. The minimum absolute atomic E-state index is 0.159. The van der Waals surface area contributed by atoms with Gasteiger partial charge < -0.3 is 5.11 Å². The van der Waals surface area contributed by atoms with E-state index in [4.69, 9.17) is 5.11 Å². The van der Waals surface area contributed by atoms with E-state index in [0.29, 0.717) is 16.8 Å². The van der Waals surface area contributed by atoms with Gasteiger partial charge in [-0.25, -0.2) is 4.79 Å². The lowest BCUT2D eigenvalue weighted by atomic mass is 10.3. The molecule has 2 rings (SSSR count). The van der Waals surface area contributed by atoms with Gasteiger partial charge >= 0.3 is 5.97 Å². The SMILES string of the molecule is O=C(O)c1cccn2c(CBr)nnc12. The summed E-state index contributed by atoms with van der Waals surface area (Å²) in [5.41, 5.74) is 0.529. The Bertz CT molecular complexity index is 494. The van der Waals surface area contributed by atoms with Crippen LogP contribution in [0.5, 0.6) is 0 Å². The lowest BCUT2D eigenvalue weighted by molar-refractivity contribution is 0.0698. The summed E-state index contributed by atoms with van der Waals surface area (Å²) in [4.78, 5) is 10.8. The van der Waals surface area contributed by atoms with Crippen molar-refractivity contribution in [3.63, 3.8) is 0 Å². The number of carbonyl (C=O) groups is 1. The maximum atomic E-state index is 10.8. The van der Waals surface area contributed by atoms with Gasteiger partial charge in [0, 0.05) is 6.20 Å². The molecule has 0 unspecified atom stereocenters. The molecule has 0 saturated carbocycles. The first-order valence-corrected chi connectivity index (χ1v) is 4.98. The molecule has 0 aromatic carbocycles. The Morgan fingerprint density at radius 2 is 2.36 bits per heavy atom. The molecule has 0 aliphatic heterocycles. The molecule has 0 atom stereocenters. The molecule has 0 aliphatic carbocycles. The van der Waals surface area contributed by atoms with Crippen LogP contribution in [0.4, 0.5) is 0 Å². The Morgan fingerprint density at radius 1 is 1.57 bits per heavy atom. The van der Waals surface area contributed by atoms with Crippen molar-refractivity contribution in [1.82, 2.24) is 14.6 Å². The molecule has 0 radical (unpaired) electrons. The molecule has 72 valence electrons. The van der Waals surface area contributed by atoms with E-state index in [0.717, 1.165) is 0 Å². The molecule has 0 bridgehead atoms. The topological polar surface area (TPSA) is 67.5 Å². The zero-order valence-corrected chi connectivity index (χ0v) is 8.60. The minimum atomic E-state index is -0.996. The van der Waals surface area contributed by atoms with Crippen LogP contribution in [0.15, 0.2) is 18.3 Å². The Balaban J connectivity index is 2.76.